The normalized spacial score (nSPS) is 22.1. The van der Waals surface area contributed by atoms with E-state index < -0.39 is 0 Å². The molecular weight excluding hydrogens is 268 g/mol. The number of hydrogen-bond donors (Lipinski definition) is 2. The van der Waals surface area contributed by atoms with Crippen molar-refractivity contribution in [1.82, 2.24) is 10.3 Å². The van der Waals surface area contributed by atoms with Gasteiger partial charge in [-0.2, -0.15) is 0 Å². The van der Waals surface area contributed by atoms with E-state index in [1.54, 1.807) is 18.3 Å². The van der Waals surface area contributed by atoms with E-state index in [0.717, 1.165) is 25.7 Å². The summed E-state index contributed by atoms with van der Waals surface area (Å²) in [6.07, 6.45) is 4.53. The fourth-order valence-electron chi connectivity index (χ4n) is 2.41. The van der Waals surface area contributed by atoms with Gasteiger partial charge < -0.3 is 15.2 Å². The van der Waals surface area contributed by atoms with Crippen LogP contribution in [0, 0.1) is 5.92 Å². The molecule has 0 bridgehead atoms. The van der Waals surface area contributed by atoms with Gasteiger partial charge in [-0.25, -0.2) is 4.98 Å². The Bertz CT molecular complexity index is 468. The van der Waals surface area contributed by atoms with Crippen molar-refractivity contribution in [1.29, 1.82) is 0 Å². The summed E-state index contributed by atoms with van der Waals surface area (Å²) in [5.41, 5.74) is 0.476. The number of nitrogens with zero attached hydrogens (tertiary/aromatic N) is 1. The Labute approximate surface area is 125 Å². The molecule has 5 nitrogen and oxygen atoms in total. The van der Waals surface area contributed by atoms with Crippen LogP contribution in [0.25, 0.3) is 0 Å². The molecule has 2 rings (SSSR count). The van der Waals surface area contributed by atoms with Gasteiger partial charge in [0, 0.05) is 12.2 Å². The number of hydrogen-bond acceptors (Lipinski definition) is 4. The first-order valence-corrected chi connectivity index (χ1v) is 7.63. The summed E-state index contributed by atoms with van der Waals surface area (Å²) < 4.78 is 5.61. The molecule has 0 saturated heterocycles. The molecule has 1 fully saturated rings. The average molecular weight is 292 g/mol. The molecule has 116 valence electrons. The molecule has 5 heteroatoms. The van der Waals surface area contributed by atoms with Crippen molar-refractivity contribution >= 4 is 5.91 Å². The van der Waals surface area contributed by atoms with Crippen LogP contribution in [0.1, 0.15) is 49.9 Å². The topological polar surface area (TPSA) is 71.5 Å². The smallest absolute Gasteiger partial charge is 0.256 e. The summed E-state index contributed by atoms with van der Waals surface area (Å²) in [6, 6.07) is 3.59. The third-order valence-electron chi connectivity index (χ3n) is 3.60. The van der Waals surface area contributed by atoms with Gasteiger partial charge in [-0.15, -0.1) is 0 Å². The van der Waals surface area contributed by atoms with E-state index in [0.29, 0.717) is 24.0 Å². The lowest BCUT2D eigenvalue weighted by Crippen LogP contribution is -2.38. The zero-order chi connectivity index (χ0) is 15.2. The molecule has 0 radical (unpaired) electrons. The van der Waals surface area contributed by atoms with Gasteiger partial charge in [0.15, 0.2) is 0 Å². The highest BCUT2D eigenvalue weighted by Crippen LogP contribution is 2.20. The molecule has 1 aromatic heterocycles. The number of amides is 1. The van der Waals surface area contributed by atoms with Gasteiger partial charge >= 0.3 is 0 Å². The van der Waals surface area contributed by atoms with Crippen LogP contribution in [-0.2, 0) is 0 Å². The van der Waals surface area contributed by atoms with Crippen molar-refractivity contribution in [3.63, 3.8) is 0 Å². The molecular formula is C16H24N2O3. The lowest BCUT2D eigenvalue weighted by molar-refractivity contribution is 0.0862. The summed E-state index contributed by atoms with van der Waals surface area (Å²) in [5, 5.41) is 12.5. The Morgan fingerprint density at radius 3 is 2.81 bits per heavy atom. The van der Waals surface area contributed by atoms with Gasteiger partial charge in [0.25, 0.3) is 5.91 Å². The summed E-state index contributed by atoms with van der Waals surface area (Å²) in [5.74, 6) is 0.616. The SMILES string of the molecule is CC(C)COc1ncccc1C(=O)NC1CCC(O)CC1. The number of aromatic nitrogens is 1. The van der Waals surface area contributed by atoms with Gasteiger partial charge in [-0.05, 0) is 43.7 Å². The van der Waals surface area contributed by atoms with Crippen molar-refractivity contribution in [2.45, 2.75) is 51.7 Å². The highest BCUT2D eigenvalue weighted by atomic mass is 16.5. The van der Waals surface area contributed by atoms with Crippen LogP contribution in [-0.4, -0.2) is 34.8 Å². The lowest BCUT2D eigenvalue weighted by atomic mass is 9.93. The van der Waals surface area contributed by atoms with E-state index in [1.165, 1.54) is 0 Å². The molecule has 0 aliphatic heterocycles. The van der Waals surface area contributed by atoms with Crippen molar-refractivity contribution < 1.29 is 14.6 Å². The number of carbonyl (C=O) groups is 1. The van der Waals surface area contributed by atoms with Gasteiger partial charge in [0.1, 0.15) is 5.56 Å². The molecule has 1 saturated carbocycles. The van der Waals surface area contributed by atoms with E-state index in [-0.39, 0.29) is 18.1 Å². The molecule has 21 heavy (non-hydrogen) atoms. The summed E-state index contributed by atoms with van der Waals surface area (Å²) in [4.78, 5) is 16.5. The Kier molecular flexibility index (Phi) is 5.56. The molecule has 1 aliphatic rings. The fraction of sp³-hybridized carbons (Fsp3) is 0.625. The number of nitrogens with one attached hydrogen (secondary N) is 1. The first-order valence-electron chi connectivity index (χ1n) is 7.63. The average Bonchev–Trinajstić information content (AvgIpc) is 2.47. The predicted molar refractivity (Wildman–Crippen MR) is 80.3 cm³/mol. The van der Waals surface area contributed by atoms with Crippen molar-refractivity contribution in [3.8, 4) is 5.88 Å². The van der Waals surface area contributed by atoms with Crippen LogP contribution >= 0.6 is 0 Å². The van der Waals surface area contributed by atoms with Crippen LogP contribution in [0.4, 0.5) is 0 Å². The van der Waals surface area contributed by atoms with Crippen molar-refractivity contribution in [2.24, 2.45) is 5.92 Å². The van der Waals surface area contributed by atoms with E-state index in [2.05, 4.69) is 24.1 Å². The lowest BCUT2D eigenvalue weighted by Gasteiger charge is -2.26. The molecule has 0 spiro atoms. The van der Waals surface area contributed by atoms with Crippen LogP contribution in [0.15, 0.2) is 18.3 Å². The minimum absolute atomic E-state index is 0.124. The number of aliphatic hydroxyl groups excluding tert-OH is 1. The van der Waals surface area contributed by atoms with Gasteiger partial charge in [0.05, 0.1) is 12.7 Å². The predicted octanol–water partition coefficient (Wildman–Crippen LogP) is 2.15. The molecule has 1 amide bonds. The van der Waals surface area contributed by atoms with E-state index >= 15 is 0 Å². The summed E-state index contributed by atoms with van der Waals surface area (Å²) in [6.45, 7) is 4.64. The highest BCUT2D eigenvalue weighted by molar-refractivity contribution is 5.96. The second-order valence-corrected chi connectivity index (χ2v) is 6.04. The van der Waals surface area contributed by atoms with E-state index in [4.69, 9.17) is 4.74 Å². The quantitative estimate of drug-likeness (QED) is 0.872. The van der Waals surface area contributed by atoms with Crippen LogP contribution in [0.5, 0.6) is 5.88 Å². The van der Waals surface area contributed by atoms with Crippen molar-refractivity contribution in [2.75, 3.05) is 6.61 Å². The summed E-state index contributed by atoms with van der Waals surface area (Å²) >= 11 is 0. The van der Waals surface area contributed by atoms with Gasteiger partial charge in [-0.3, -0.25) is 4.79 Å². The number of aliphatic hydroxyl groups is 1. The van der Waals surface area contributed by atoms with E-state index in [1.807, 2.05) is 0 Å². The van der Waals surface area contributed by atoms with Crippen LogP contribution in [0.2, 0.25) is 0 Å². The second-order valence-electron chi connectivity index (χ2n) is 6.04. The summed E-state index contributed by atoms with van der Waals surface area (Å²) in [7, 11) is 0. The van der Waals surface area contributed by atoms with Crippen molar-refractivity contribution in [3.05, 3.63) is 23.9 Å². The van der Waals surface area contributed by atoms with Crippen LogP contribution in [0.3, 0.4) is 0 Å². The molecule has 2 N–H and O–H groups in total. The third kappa shape index (κ3) is 4.70. The zero-order valence-electron chi connectivity index (χ0n) is 12.7. The first kappa shape index (κ1) is 15.8. The Morgan fingerprint density at radius 2 is 2.14 bits per heavy atom. The minimum Gasteiger partial charge on any atom is -0.477 e. The highest BCUT2D eigenvalue weighted by Gasteiger charge is 2.22. The maximum atomic E-state index is 12.4. The number of rotatable bonds is 5. The van der Waals surface area contributed by atoms with E-state index in [9.17, 15) is 9.90 Å². The van der Waals surface area contributed by atoms with Gasteiger partial charge in [-0.1, -0.05) is 13.8 Å². The Morgan fingerprint density at radius 1 is 1.43 bits per heavy atom. The number of ether oxygens (including phenoxy) is 1. The number of carbonyl (C=O) groups excluding carboxylic acids is 1. The molecule has 1 aromatic rings. The fourth-order valence-corrected chi connectivity index (χ4v) is 2.41. The van der Waals surface area contributed by atoms with Gasteiger partial charge in [0.2, 0.25) is 5.88 Å². The number of pyridine rings is 1. The zero-order valence-corrected chi connectivity index (χ0v) is 12.7. The third-order valence-corrected chi connectivity index (χ3v) is 3.60. The Balaban J connectivity index is 1.98. The maximum absolute atomic E-state index is 12.4. The van der Waals surface area contributed by atoms with Crippen LogP contribution < -0.4 is 10.1 Å². The maximum Gasteiger partial charge on any atom is 0.256 e. The largest absolute Gasteiger partial charge is 0.477 e. The first-order chi connectivity index (χ1) is 10.1. The molecule has 0 unspecified atom stereocenters. The molecule has 1 heterocycles. The molecule has 0 aromatic carbocycles. The molecule has 1 aliphatic carbocycles. The second kappa shape index (κ2) is 7.41. The Hall–Kier alpha value is -1.62. The minimum atomic E-state index is -0.221. The standard InChI is InChI=1S/C16H24N2O3/c1-11(2)10-21-16-14(4-3-9-17-16)15(20)18-12-5-7-13(19)8-6-12/h3-4,9,11-13,19H,5-8,10H2,1-2H3,(H,18,20). The monoisotopic (exact) mass is 292 g/mol. The molecule has 0 atom stereocenters.